The zero-order chi connectivity index (χ0) is 22.2. The second-order valence-corrected chi connectivity index (χ2v) is 8.83. The minimum Gasteiger partial charge on any atom is -0.308 e. The van der Waals surface area contributed by atoms with Crippen LogP contribution in [0.5, 0.6) is 0 Å². The van der Waals surface area contributed by atoms with Crippen LogP contribution >= 0.6 is 0 Å². The van der Waals surface area contributed by atoms with Crippen molar-refractivity contribution in [2.75, 3.05) is 13.3 Å². The lowest BCUT2D eigenvalue weighted by atomic mass is 10.1. The molecule has 9 heteroatoms. The monoisotopic (exact) mass is 440 g/mol. The van der Waals surface area contributed by atoms with Gasteiger partial charge in [-0.05, 0) is 42.8 Å². The summed E-state index contributed by atoms with van der Waals surface area (Å²) in [5, 5.41) is 10.6. The van der Waals surface area contributed by atoms with Gasteiger partial charge >= 0.3 is 0 Å². The molecule has 1 aromatic carbocycles. The summed E-state index contributed by atoms with van der Waals surface area (Å²) in [5.41, 5.74) is 4.17. The van der Waals surface area contributed by atoms with E-state index < -0.39 is 29.4 Å². The Bertz CT molecular complexity index is 1360. The van der Waals surface area contributed by atoms with E-state index in [0.717, 1.165) is 16.9 Å². The van der Waals surface area contributed by atoms with Crippen LogP contribution in [-0.2, 0) is 10.0 Å². The van der Waals surface area contributed by atoms with Crippen molar-refractivity contribution in [2.45, 2.75) is 17.9 Å². The fraction of sp³-hybridized carbons (Fsp3) is 0.182. The van der Waals surface area contributed by atoms with Crippen molar-refractivity contribution in [3.63, 3.8) is 0 Å². The van der Waals surface area contributed by atoms with Gasteiger partial charge in [0.25, 0.3) is 0 Å². The summed E-state index contributed by atoms with van der Waals surface area (Å²) in [6.45, 7) is -0.423. The van der Waals surface area contributed by atoms with Gasteiger partial charge in [-0.1, -0.05) is 18.2 Å². The van der Waals surface area contributed by atoms with Crippen LogP contribution in [0, 0.1) is 18.3 Å². The molecule has 0 saturated heterocycles. The van der Waals surface area contributed by atoms with E-state index in [1.165, 1.54) is 12.1 Å². The number of aromatic nitrogens is 2. The molecule has 0 amide bonds. The van der Waals surface area contributed by atoms with Crippen molar-refractivity contribution in [3.05, 3.63) is 66.0 Å². The van der Waals surface area contributed by atoms with Crippen molar-refractivity contribution in [3.8, 4) is 17.3 Å². The third kappa shape index (κ3) is 3.65. The second kappa shape index (κ2) is 8.06. The molecule has 0 saturated carbocycles. The van der Waals surface area contributed by atoms with Crippen LogP contribution in [0.1, 0.15) is 11.3 Å². The van der Waals surface area contributed by atoms with E-state index in [4.69, 9.17) is 0 Å². The molecular weight excluding hydrogens is 422 g/mol. The molecule has 3 aromatic rings. The van der Waals surface area contributed by atoms with Gasteiger partial charge in [-0.3, -0.25) is 4.98 Å². The number of halogens is 2. The van der Waals surface area contributed by atoms with Gasteiger partial charge in [0.05, 0.1) is 27.7 Å². The molecule has 1 aliphatic rings. The quantitative estimate of drug-likeness (QED) is 0.604. The van der Waals surface area contributed by atoms with Gasteiger partial charge in [0.2, 0.25) is 10.0 Å². The Balaban J connectivity index is 1.84. The van der Waals surface area contributed by atoms with Gasteiger partial charge < -0.3 is 4.57 Å². The Labute approximate surface area is 178 Å². The third-order valence-corrected chi connectivity index (χ3v) is 6.56. The lowest BCUT2D eigenvalue weighted by Crippen LogP contribution is -2.37. The molecule has 2 aromatic heterocycles. The number of nitrogens with one attached hydrogen (secondary N) is 1. The molecule has 0 aliphatic heterocycles. The number of hydrogen-bond donors (Lipinski definition) is 1. The zero-order valence-corrected chi connectivity index (χ0v) is 17.3. The molecule has 0 unspecified atom stereocenters. The number of hydrogen-bond acceptors (Lipinski definition) is 4. The fourth-order valence-electron chi connectivity index (χ4n) is 3.45. The summed E-state index contributed by atoms with van der Waals surface area (Å²) in [6, 6.07) is 8.55. The predicted molar refractivity (Wildman–Crippen MR) is 114 cm³/mol. The van der Waals surface area contributed by atoms with Crippen LogP contribution < -0.4 is 4.72 Å². The smallest absolute Gasteiger partial charge is 0.240 e. The highest BCUT2D eigenvalue weighted by atomic mass is 32.2. The lowest BCUT2D eigenvalue weighted by molar-refractivity contribution is 0.334. The van der Waals surface area contributed by atoms with E-state index >= 15 is 0 Å². The average Bonchev–Trinajstić information content (AvgIpc) is 3.04. The number of nitriles is 1. The highest BCUT2D eigenvalue weighted by molar-refractivity contribution is 7.89. The number of nitrogens with zero attached hydrogens (tertiary/aromatic N) is 3. The van der Waals surface area contributed by atoms with Crippen molar-refractivity contribution >= 4 is 26.6 Å². The summed E-state index contributed by atoms with van der Waals surface area (Å²) >= 11 is 0. The molecule has 1 N–H and O–H groups in total. The minimum absolute atomic E-state index is 0.121. The van der Waals surface area contributed by atoms with E-state index in [1.54, 1.807) is 18.3 Å². The van der Waals surface area contributed by atoms with Crippen LogP contribution in [0.3, 0.4) is 0 Å². The molecule has 0 radical (unpaired) electrons. The Morgan fingerprint density at radius 2 is 1.90 bits per heavy atom. The maximum absolute atomic E-state index is 12.7. The number of fused-ring (bicyclic) bond motifs is 1. The first-order valence-corrected chi connectivity index (χ1v) is 10.9. The lowest BCUT2D eigenvalue weighted by Gasteiger charge is -2.16. The molecule has 4 rings (SSSR count). The zero-order valence-electron chi connectivity index (χ0n) is 16.5. The average molecular weight is 440 g/mol. The number of alkyl halides is 2. The van der Waals surface area contributed by atoms with Gasteiger partial charge in [0.15, 0.2) is 0 Å². The first kappa shape index (κ1) is 20.9. The SMILES string of the molecule is Cc1cc2c(cn1)c(C#N)c(-c1ccc(S(=O)(=O)NC(CF)CF)cc1)n2C1=CC=C1. The standard InChI is InChI=1S/C22H18F2N4O2S/c1-14-9-21-20(13-26-14)19(12-25)22(28(21)17-3-2-4-17)15-5-7-18(8-6-15)31(29,30)27-16(10-23)11-24/h2-9,13,16,27H,10-11H2,1H3. The molecule has 6 nitrogen and oxygen atoms in total. The predicted octanol–water partition coefficient (Wildman–Crippen LogP) is 3.88. The molecule has 31 heavy (non-hydrogen) atoms. The Kier molecular flexibility index (Phi) is 5.43. The van der Waals surface area contributed by atoms with Crippen LogP contribution in [0.15, 0.2) is 59.7 Å². The molecule has 2 heterocycles. The number of sulfonamides is 1. The normalized spacial score (nSPS) is 13.3. The van der Waals surface area contributed by atoms with Crippen molar-refractivity contribution < 1.29 is 17.2 Å². The van der Waals surface area contributed by atoms with Crippen LogP contribution in [-0.4, -0.2) is 37.4 Å². The molecule has 0 spiro atoms. The topological polar surface area (TPSA) is 87.8 Å². The van der Waals surface area contributed by atoms with Crippen LogP contribution in [0.4, 0.5) is 8.78 Å². The Morgan fingerprint density at radius 1 is 1.23 bits per heavy atom. The van der Waals surface area contributed by atoms with Gasteiger partial charge in [0.1, 0.15) is 19.4 Å². The van der Waals surface area contributed by atoms with E-state index in [9.17, 15) is 22.5 Å². The summed E-state index contributed by atoms with van der Waals surface area (Å²) < 4.78 is 54.3. The number of aryl methyl sites for hydroxylation is 1. The summed E-state index contributed by atoms with van der Waals surface area (Å²) in [4.78, 5) is 4.19. The molecule has 0 fully saturated rings. The van der Waals surface area contributed by atoms with E-state index in [-0.39, 0.29) is 4.90 Å². The van der Waals surface area contributed by atoms with Gasteiger partial charge in [-0.15, -0.1) is 0 Å². The molecule has 158 valence electrons. The fourth-order valence-corrected chi connectivity index (χ4v) is 4.65. The van der Waals surface area contributed by atoms with Gasteiger partial charge in [-0.2, -0.15) is 5.26 Å². The maximum atomic E-state index is 12.7. The van der Waals surface area contributed by atoms with E-state index in [0.29, 0.717) is 22.2 Å². The molecule has 1 aliphatic carbocycles. The number of benzene rings is 1. The first-order chi connectivity index (χ1) is 14.9. The molecule has 0 atom stereocenters. The largest absolute Gasteiger partial charge is 0.308 e. The highest BCUT2D eigenvalue weighted by Crippen LogP contribution is 2.37. The van der Waals surface area contributed by atoms with E-state index in [1.807, 2.05) is 40.5 Å². The van der Waals surface area contributed by atoms with Crippen molar-refractivity contribution in [2.24, 2.45) is 0 Å². The first-order valence-electron chi connectivity index (χ1n) is 9.44. The van der Waals surface area contributed by atoms with Gasteiger partial charge in [0, 0.05) is 23.0 Å². The summed E-state index contributed by atoms with van der Waals surface area (Å²) in [6.07, 6.45) is 7.37. The summed E-state index contributed by atoms with van der Waals surface area (Å²) in [5.74, 6) is 0. The highest BCUT2D eigenvalue weighted by Gasteiger charge is 2.24. The molecule has 0 bridgehead atoms. The Morgan fingerprint density at radius 3 is 2.45 bits per heavy atom. The summed E-state index contributed by atoms with van der Waals surface area (Å²) in [7, 11) is -4.08. The minimum atomic E-state index is -4.08. The van der Waals surface area contributed by atoms with Crippen molar-refractivity contribution in [1.82, 2.24) is 14.3 Å². The second-order valence-electron chi connectivity index (χ2n) is 7.12. The van der Waals surface area contributed by atoms with Gasteiger partial charge in [-0.25, -0.2) is 21.9 Å². The number of rotatable bonds is 7. The van der Waals surface area contributed by atoms with Crippen LogP contribution in [0.2, 0.25) is 0 Å². The third-order valence-electron chi connectivity index (χ3n) is 5.03. The number of allylic oxidation sites excluding steroid dienone is 4. The number of pyridine rings is 1. The van der Waals surface area contributed by atoms with E-state index in [2.05, 4.69) is 11.1 Å². The Hall–Kier alpha value is -3.35. The maximum Gasteiger partial charge on any atom is 0.240 e. The molecular formula is C22H18F2N4O2S. The van der Waals surface area contributed by atoms with Crippen LogP contribution in [0.25, 0.3) is 27.9 Å². The van der Waals surface area contributed by atoms with Crippen molar-refractivity contribution in [1.29, 1.82) is 5.26 Å².